The van der Waals surface area contributed by atoms with Gasteiger partial charge in [0.2, 0.25) is 5.95 Å². The lowest BCUT2D eigenvalue weighted by Crippen LogP contribution is -2.04. The second-order valence-corrected chi connectivity index (χ2v) is 4.60. The number of hydrogen-bond donors (Lipinski definition) is 1. The lowest BCUT2D eigenvalue weighted by molar-refractivity contribution is 0.415. The summed E-state index contributed by atoms with van der Waals surface area (Å²) >= 11 is 0. The smallest absolute Gasteiger partial charge is 0.207 e. The number of rotatable bonds is 3. The fourth-order valence-electron chi connectivity index (χ4n) is 2.42. The number of imidazole rings is 1. The van der Waals surface area contributed by atoms with Crippen LogP contribution in [0.3, 0.4) is 0 Å². The number of methoxy groups -OCH3 is 1. The summed E-state index contributed by atoms with van der Waals surface area (Å²) in [5.74, 6) is 1.27. The second-order valence-electron chi connectivity index (χ2n) is 4.60. The van der Waals surface area contributed by atoms with Gasteiger partial charge in [0.1, 0.15) is 11.3 Å². The highest BCUT2D eigenvalue weighted by atomic mass is 16.5. The zero-order valence-electron chi connectivity index (χ0n) is 11.8. The van der Waals surface area contributed by atoms with E-state index in [9.17, 15) is 0 Å². The molecule has 0 spiro atoms. The van der Waals surface area contributed by atoms with Gasteiger partial charge in [-0.05, 0) is 30.7 Å². The number of aryl methyl sites for hydroxylation is 2. The number of anilines is 1. The number of benzene rings is 1. The molecule has 0 aliphatic carbocycles. The quantitative estimate of drug-likeness (QED) is 0.790. The Morgan fingerprint density at radius 3 is 2.55 bits per heavy atom. The van der Waals surface area contributed by atoms with Crippen molar-refractivity contribution in [3.8, 4) is 11.4 Å². The summed E-state index contributed by atoms with van der Waals surface area (Å²) < 4.78 is 8.90. The molecular formula is C14H17N5O. The summed E-state index contributed by atoms with van der Waals surface area (Å²) in [6, 6.07) is 7.71. The van der Waals surface area contributed by atoms with Crippen LogP contribution in [0.2, 0.25) is 0 Å². The molecule has 2 N–H and O–H groups in total. The number of nitrogens with zero attached hydrogens (tertiary/aromatic N) is 4. The summed E-state index contributed by atoms with van der Waals surface area (Å²) in [5.41, 5.74) is 9.74. The van der Waals surface area contributed by atoms with Gasteiger partial charge >= 0.3 is 0 Å². The van der Waals surface area contributed by atoms with E-state index in [-0.39, 0.29) is 0 Å². The Hall–Kier alpha value is -2.50. The Morgan fingerprint density at radius 2 is 1.95 bits per heavy atom. The van der Waals surface area contributed by atoms with Crippen LogP contribution in [0.5, 0.6) is 5.75 Å². The number of hydrogen-bond acceptors (Lipinski definition) is 4. The summed E-state index contributed by atoms with van der Waals surface area (Å²) in [7, 11) is 3.55. The molecule has 3 aromatic rings. The van der Waals surface area contributed by atoms with Crippen LogP contribution >= 0.6 is 0 Å². The minimum atomic E-state index is 0.466. The van der Waals surface area contributed by atoms with Crippen LogP contribution < -0.4 is 10.5 Å². The first-order chi connectivity index (χ1) is 9.65. The highest BCUT2D eigenvalue weighted by Crippen LogP contribution is 2.26. The molecule has 0 atom stereocenters. The molecule has 3 rings (SSSR count). The molecule has 2 aromatic heterocycles. The highest BCUT2D eigenvalue weighted by Gasteiger charge is 2.17. The maximum Gasteiger partial charge on any atom is 0.207 e. The van der Waals surface area contributed by atoms with Crippen LogP contribution in [-0.4, -0.2) is 26.4 Å². The minimum absolute atomic E-state index is 0.466. The van der Waals surface area contributed by atoms with E-state index in [0.717, 1.165) is 34.7 Å². The molecule has 2 heterocycles. The largest absolute Gasteiger partial charge is 0.497 e. The van der Waals surface area contributed by atoms with Crippen LogP contribution in [0.25, 0.3) is 16.9 Å². The average molecular weight is 271 g/mol. The monoisotopic (exact) mass is 271 g/mol. The number of ether oxygens (including phenoxy) is 1. The van der Waals surface area contributed by atoms with Crippen molar-refractivity contribution in [2.75, 3.05) is 12.8 Å². The molecule has 0 unspecified atom stereocenters. The van der Waals surface area contributed by atoms with Crippen LogP contribution in [0.1, 0.15) is 12.6 Å². The van der Waals surface area contributed by atoms with E-state index in [1.165, 1.54) is 0 Å². The molecule has 0 aliphatic heterocycles. The van der Waals surface area contributed by atoms with E-state index < -0.39 is 0 Å². The van der Waals surface area contributed by atoms with Crippen molar-refractivity contribution >= 4 is 17.1 Å². The van der Waals surface area contributed by atoms with Gasteiger partial charge in [0.05, 0.1) is 18.5 Å². The fraction of sp³-hybridized carbons (Fsp3) is 0.286. The Balaban J connectivity index is 2.24. The molecule has 0 saturated carbocycles. The van der Waals surface area contributed by atoms with E-state index in [1.54, 1.807) is 7.11 Å². The lowest BCUT2D eigenvalue weighted by atomic mass is 10.3. The first kappa shape index (κ1) is 12.5. The van der Waals surface area contributed by atoms with Crippen LogP contribution in [0, 0.1) is 0 Å². The van der Waals surface area contributed by atoms with E-state index >= 15 is 0 Å². The van der Waals surface area contributed by atoms with Crippen LogP contribution in [0.15, 0.2) is 24.3 Å². The van der Waals surface area contributed by atoms with Crippen molar-refractivity contribution in [3.05, 3.63) is 30.0 Å². The molecule has 1 aromatic carbocycles. The van der Waals surface area contributed by atoms with Gasteiger partial charge in [0, 0.05) is 7.05 Å². The summed E-state index contributed by atoms with van der Waals surface area (Å²) in [6.07, 6.45) is 0.830. The molecule has 0 aliphatic rings. The van der Waals surface area contributed by atoms with Crippen LogP contribution in [-0.2, 0) is 13.5 Å². The molecule has 0 amide bonds. The fourth-order valence-corrected chi connectivity index (χ4v) is 2.42. The van der Waals surface area contributed by atoms with E-state index in [4.69, 9.17) is 10.5 Å². The Morgan fingerprint density at radius 1 is 1.25 bits per heavy atom. The zero-order valence-corrected chi connectivity index (χ0v) is 11.8. The van der Waals surface area contributed by atoms with Crippen molar-refractivity contribution in [1.82, 2.24) is 19.3 Å². The standard InChI is InChI=1S/C14H17N5O/c1-4-11-12-13(18(2)17-11)19(14(15)16-12)9-5-7-10(20-3)8-6-9/h5-8H,4H2,1-3H3,(H2,15,16). The van der Waals surface area contributed by atoms with Gasteiger partial charge in [-0.15, -0.1) is 0 Å². The third kappa shape index (κ3) is 1.72. The first-order valence-corrected chi connectivity index (χ1v) is 6.50. The molecule has 6 heteroatoms. The maximum absolute atomic E-state index is 6.07. The van der Waals surface area contributed by atoms with Crippen molar-refractivity contribution in [3.63, 3.8) is 0 Å². The average Bonchev–Trinajstić information content (AvgIpc) is 2.96. The molecule has 0 fully saturated rings. The molecular weight excluding hydrogens is 254 g/mol. The Kier molecular flexibility index (Phi) is 2.85. The third-order valence-corrected chi connectivity index (χ3v) is 3.40. The van der Waals surface area contributed by atoms with Crippen molar-refractivity contribution in [2.45, 2.75) is 13.3 Å². The minimum Gasteiger partial charge on any atom is -0.497 e. The highest BCUT2D eigenvalue weighted by molar-refractivity contribution is 5.80. The second kappa shape index (κ2) is 4.56. The van der Waals surface area contributed by atoms with Gasteiger partial charge in [-0.2, -0.15) is 5.10 Å². The van der Waals surface area contributed by atoms with Crippen molar-refractivity contribution < 1.29 is 4.74 Å². The SMILES string of the molecule is CCc1nn(C)c2c1nc(N)n2-c1ccc(OC)cc1. The number of nitrogens with two attached hydrogens (primary N) is 1. The lowest BCUT2D eigenvalue weighted by Gasteiger charge is -2.07. The normalized spacial score (nSPS) is 11.2. The predicted octanol–water partition coefficient (Wildman–Crippen LogP) is 1.91. The van der Waals surface area contributed by atoms with Gasteiger partial charge in [0.15, 0.2) is 5.65 Å². The van der Waals surface area contributed by atoms with Gasteiger partial charge in [-0.1, -0.05) is 6.92 Å². The van der Waals surface area contributed by atoms with E-state index in [2.05, 4.69) is 17.0 Å². The van der Waals surface area contributed by atoms with Gasteiger partial charge < -0.3 is 10.5 Å². The van der Waals surface area contributed by atoms with Crippen molar-refractivity contribution in [1.29, 1.82) is 0 Å². The summed E-state index contributed by atoms with van der Waals surface area (Å²) in [5, 5.41) is 4.48. The zero-order chi connectivity index (χ0) is 14.3. The number of aromatic nitrogens is 4. The van der Waals surface area contributed by atoms with Crippen molar-refractivity contribution in [2.24, 2.45) is 7.05 Å². The van der Waals surface area contributed by atoms with Gasteiger partial charge in [-0.25, -0.2) is 9.67 Å². The predicted molar refractivity (Wildman–Crippen MR) is 78.2 cm³/mol. The summed E-state index contributed by atoms with van der Waals surface area (Å²) in [4.78, 5) is 4.45. The number of nitrogen functional groups attached to an aromatic ring is 1. The molecule has 6 nitrogen and oxygen atoms in total. The first-order valence-electron chi connectivity index (χ1n) is 6.50. The molecule has 0 radical (unpaired) electrons. The Labute approximate surface area is 116 Å². The van der Waals surface area contributed by atoms with E-state index in [1.807, 2.05) is 40.6 Å². The molecule has 0 saturated heterocycles. The van der Waals surface area contributed by atoms with Crippen LogP contribution in [0.4, 0.5) is 5.95 Å². The Bertz CT molecular complexity index is 754. The van der Waals surface area contributed by atoms with E-state index in [0.29, 0.717) is 5.95 Å². The van der Waals surface area contributed by atoms with Gasteiger partial charge in [0.25, 0.3) is 0 Å². The molecule has 20 heavy (non-hydrogen) atoms. The molecule has 0 bridgehead atoms. The topological polar surface area (TPSA) is 70.9 Å². The third-order valence-electron chi connectivity index (χ3n) is 3.40. The maximum atomic E-state index is 6.07. The summed E-state index contributed by atoms with van der Waals surface area (Å²) in [6.45, 7) is 2.06. The number of fused-ring (bicyclic) bond motifs is 1. The van der Waals surface area contributed by atoms with Gasteiger partial charge in [-0.3, -0.25) is 4.57 Å². The molecule has 104 valence electrons.